The molecule has 0 amide bonds. The van der Waals surface area contributed by atoms with Crippen LogP contribution in [0.2, 0.25) is 0 Å². The number of nitrogens with one attached hydrogen (secondary N) is 3. The molecule has 1 heterocycles. The van der Waals surface area contributed by atoms with Crippen LogP contribution in [0.4, 0.5) is 17.8 Å². The maximum atomic E-state index is 10.5. The second-order valence-corrected chi connectivity index (χ2v) is 7.63. The summed E-state index contributed by atoms with van der Waals surface area (Å²) < 4.78 is 0. The Morgan fingerprint density at radius 2 is 0.722 bits per heavy atom. The van der Waals surface area contributed by atoms with E-state index in [4.69, 9.17) is 0 Å². The quantitative estimate of drug-likeness (QED) is 0.0916. The summed E-state index contributed by atoms with van der Waals surface area (Å²) in [5.74, 6) is -2.01. The molecule has 0 radical (unpaired) electrons. The van der Waals surface area contributed by atoms with Crippen LogP contribution >= 0.6 is 0 Å². The van der Waals surface area contributed by atoms with Gasteiger partial charge in [-0.2, -0.15) is 15.0 Å². The number of aromatic nitrogens is 3. The largest absolute Gasteiger partial charge is 1.00 e. The molecule has 0 bridgehead atoms. The number of carbonyl (C=O) groups excluding carboxylic acids is 3. The van der Waals surface area contributed by atoms with Crippen molar-refractivity contribution in [2.45, 2.75) is 77.0 Å². The van der Waals surface area contributed by atoms with Gasteiger partial charge in [-0.1, -0.05) is 19.3 Å². The van der Waals surface area contributed by atoms with Gasteiger partial charge in [-0.25, -0.2) is 0 Å². The van der Waals surface area contributed by atoms with Crippen LogP contribution in [0.5, 0.6) is 0 Å². The maximum Gasteiger partial charge on any atom is 1.00 e. The Balaban J connectivity index is -0.00000363. The molecule has 1 aromatic heterocycles. The van der Waals surface area contributed by atoms with Gasteiger partial charge in [0.15, 0.2) is 0 Å². The Kier molecular flexibility index (Phi) is 33.1. The normalized spacial score (nSPS) is 9.67. The van der Waals surface area contributed by atoms with Crippen LogP contribution in [0.3, 0.4) is 0 Å². The zero-order chi connectivity index (χ0) is 24.3. The molecule has 0 aliphatic heterocycles. The van der Waals surface area contributed by atoms with Crippen molar-refractivity contribution < 1.29 is 184 Å². The summed E-state index contributed by atoms with van der Waals surface area (Å²) in [6, 6.07) is 0. The summed E-state index contributed by atoms with van der Waals surface area (Å²) >= 11 is 0. The van der Waals surface area contributed by atoms with E-state index < -0.39 is 17.9 Å². The molecule has 1 rings (SSSR count). The smallest absolute Gasteiger partial charge is 0.550 e. The number of carboxylic acids is 3. The summed E-state index contributed by atoms with van der Waals surface area (Å²) in [7, 11) is 0. The number of carbonyl (C=O) groups is 3. The third-order valence-electron chi connectivity index (χ3n) is 4.66. The number of carboxylic acid groups (broad SMARTS) is 3. The molecule has 15 heteroatoms. The summed E-state index contributed by atoms with van der Waals surface area (Å²) in [6.07, 6.45) is 6.24. The Bertz CT molecular complexity index is 641. The molecule has 186 valence electrons. The number of rotatable bonds is 21. The van der Waals surface area contributed by atoms with E-state index in [1.54, 1.807) is 0 Å². The van der Waals surface area contributed by atoms with E-state index in [0.29, 0.717) is 56.7 Å². The monoisotopic (exact) mass is 582 g/mol. The molecule has 0 aromatic carbocycles. The number of hydrogen-bond donors (Lipinski definition) is 3. The Morgan fingerprint density at radius 3 is 0.944 bits per heavy atom. The van der Waals surface area contributed by atoms with Crippen LogP contribution in [-0.2, 0) is 14.4 Å². The molecule has 0 saturated carbocycles. The first kappa shape index (κ1) is 42.2. The Labute approximate surface area is 340 Å². The maximum absolute atomic E-state index is 10.5. The summed E-state index contributed by atoms with van der Waals surface area (Å²) in [5.41, 5.74) is 0. The van der Waals surface area contributed by atoms with Crippen LogP contribution in [0.25, 0.3) is 0 Å². The number of aliphatic carboxylic acids is 3. The topological polar surface area (TPSA) is 195 Å². The van der Waals surface area contributed by atoms with Gasteiger partial charge in [-0.3, -0.25) is 0 Å². The first-order valence-electron chi connectivity index (χ1n) is 11.4. The first-order valence-corrected chi connectivity index (χ1v) is 11.4. The molecule has 0 atom stereocenters. The molecule has 0 saturated heterocycles. The second kappa shape index (κ2) is 28.3. The van der Waals surface area contributed by atoms with Crippen molar-refractivity contribution in [1.82, 2.24) is 15.0 Å². The van der Waals surface area contributed by atoms with E-state index in [-0.39, 0.29) is 173 Å². The van der Waals surface area contributed by atoms with Crippen LogP contribution in [-0.4, -0.2) is 52.5 Å². The van der Waals surface area contributed by atoms with Crippen molar-refractivity contribution in [3.8, 4) is 0 Å². The fourth-order valence-electron chi connectivity index (χ4n) is 2.93. The van der Waals surface area contributed by atoms with Gasteiger partial charge in [0.1, 0.15) is 0 Å². The summed E-state index contributed by atoms with van der Waals surface area (Å²) in [4.78, 5) is 44.4. The van der Waals surface area contributed by atoms with Crippen molar-refractivity contribution in [2.75, 3.05) is 35.6 Å². The molecule has 0 spiro atoms. The van der Waals surface area contributed by atoms with Gasteiger partial charge >= 0.3 is 154 Å². The molecule has 12 nitrogen and oxygen atoms in total. The van der Waals surface area contributed by atoms with E-state index in [9.17, 15) is 29.7 Å². The molecule has 3 N–H and O–H groups in total. The zero-order valence-corrected chi connectivity index (χ0v) is 31.3. The molecular weight excluding hydrogens is 550 g/mol. The number of unbranched alkanes of at least 4 members (excludes halogenated alkanes) is 6. The van der Waals surface area contributed by atoms with Gasteiger partial charge in [-0.05, 0) is 57.8 Å². The van der Waals surface area contributed by atoms with Gasteiger partial charge in [0.2, 0.25) is 17.8 Å². The average Bonchev–Trinajstić information content (AvgIpc) is 2.75. The molecule has 1 aromatic rings. The van der Waals surface area contributed by atoms with Crippen molar-refractivity contribution in [3.05, 3.63) is 0 Å². The van der Waals surface area contributed by atoms with Crippen molar-refractivity contribution in [3.63, 3.8) is 0 Å². The van der Waals surface area contributed by atoms with Gasteiger partial charge in [0.25, 0.3) is 0 Å². The number of hydrogen-bond acceptors (Lipinski definition) is 12. The minimum atomic E-state index is -1.05. The van der Waals surface area contributed by atoms with Gasteiger partial charge in [0.05, 0.1) is 0 Å². The third-order valence-corrected chi connectivity index (χ3v) is 4.66. The Hall–Kier alpha value is 1.73. The minimum Gasteiger partial charge on any atom is -0.550 e. The second-order valence-electron chi connectivity index (χ2n) is 7.63. The van der Waals surface area contributed by atoms with Crippen LogP contribution < -0.4 is 185 Å². The fraction of sp³-hybridized carbons (Fsp3) is 0.714. The number of nitrogens with zero attached hydrogens (tertiary/aromatic N) is 3. The van der Waals surface area contributed by atoms with E-state index in [1.807, 2.05) is 0 Å². The predicted molar refractivity (Wildman–Crippen MR) is 116 cm³/mol. The summed E-state index contributed by atoms with van der Waals surface area (Å²) in [6.45, 7) is 1.72. The Morgan fingerprint density at radius 1 is 0.472 bits per heavy atom. The number of anilines is 3. The standard InChI is InChI=1S/C21H36N6O6.3K/c28-16(29)10-4-1-7-13-22-19-25-20(23-14-8-2-5-11-17(30)31)27-21(26-19)24-15-9-3-6-12-18(32)33;;;/h1-15H2,(H,28,29)(H,30,31)(H,32,33)(H3,22,23,24,25,26,27);;;/q;3*+1/p-3. The van der Waals surface area contributed by atoms with Crippen LogP contribution in [0.15, 0.2) is 0 Å². The third kappa shape index (κ3) is 26.0. The van der Waals surface area contributed by atoms with E-state index in [0.717, 1.165) is 38.5 Å². The first-order chi connectivity index (χ1) is 15.9. The predicted octanol–water partition coefficient (Wildman–Crippen LogP) is -9.95. The molecule has 36 heavy (non-hydrogen) atoms. The van der Waals surface area contributed by atoms with Crippen molar-refractivity contribution >= 4 is 35.8 Å². The van der Waals surface area contributed by atoms with E-state index in [2.05, 4.69) is 30.9 Å². The van der Waals surface area contributed by atoms with E-state index >= 15 is 0 Å². The average molecular weight is 583 g/mol. The van der Waals surface area contributed by atoms with Gasteiger partial charge in [0, 0.05) is 37.5 Å². The van der Waals surface area contributed by atoms with Gasteiger partial charge < -0.3 is 45.7 Å². The molecular formula is C21H33K3N6O6. The van der Waals surface area contributed by atoms with Crippen molar-refractivity contribution in [1.29, 1.82) is 0 Å². The van der Waals surface area contributed by atoms with Crippen LogP contribution in [0, 0.1) is 0 Å². The molecule has 0 aliphatic carbocycles. The molecule has 0 unspecified atom stereocenters. The molecule has 0 aliphatic rings. The minimum absolute atomic E-state index is 0. The van der Waals surface area contributed by atoms with E-state index in [1.165, 1.54) is 0 Å². The summed E-state index contributed by atoms with van der Waals surface area (Å²) in [5, 5.41) is 40.7. The van der Waals surface area contributed by atoms with Crippen molar-refractivity contribution in [2.24, 2.45) is 0 Å². The van der Waals surface area contributed by atoms with Gasteiger partial charge in [-0.15, -0.1) is 0 Å². The zero-order valence-electron chi connectivity index (χ0n) is 21.9. The van der Waals surface area contributed by atoms with Crippen LogP contribution in [0.1, 0.15) is 77.0 Å². The fourth-order valence-corrected chi connectivity index (χ4v) is 2.93. The molecule has 0 fully saturated rings. The SMILES string of the molecule is O=C([O-])CCCCCNc1nc(NCCCCCC(=O)[O-])nc(NCCCCCC(=O)[O-])n1.[K+].[K+].[K+].